The molecule has 0 saturated heterocycles. The van der Waals surface area contributed by atoms with Crippen LogP contribution in [0.1, 0.15) is 12.5 Å². The van der Waals surface area contributed by atoms with E-state index >= 15 is 0 Å². The number of hydrogen-bond donors (Lipinski definition) is 1. The summed E-state index contributed by atoms with van der Waals surface area (Å²) in [6, 6.07) is 17.3. The molecule has 0 radical (unpaired) electrons. The zero-order valence-electron chi connectivity index (χ0n) is 18.7. The first-order chi connectivity index (χ1) is 16.9. The predicted octanol–water partition coefficient (Wildman–Crippen LogP) is 3.73. The Balaban J connectivity index is 1.47. The monoisotopic (exact) mass is 507 g/mol. The fourth-order valence-electron chi connectivity index (χ4n) is 3.84. The maximum Gasteiger partial charge on any atom is 0.283 e. The summed E-state index contributed by atoms with van der Waals surface area (Å²) in [5.74, 6) is -0.257. The third kappa shape index (κ3) is 4.28. The molecule has 0 spiro atoms. The highest BCUT2D eigenvalue weighted by molar-refractivity contribution is 8.16. The van der Waals surface area contributed by atoms with Crippen molar-refractivity contribution in [3.8, 4) is 5.75 Å². The molecule has 2 aliphatic rings. The van der Waals surface area contributed by atoms with E-state index in [1.54, 1.807) is 6.08 Å². The lowest BCUT2D eigenvalue weighted by Crippen LogP contribution is -2.45. The lowest BCUT2D eigenvalue weighted by molar-refractivity contribution is -0.114. The molecule has 35 heavy (non-hydrogen) atoms. The summed E-state index contributed by atoms with van der Waals surface area (Å²) in [6.07, 6.45) is 3.48. The SMILES string of the molecule is CCS(=O)(=O)C1=NSC2=NC(=O)/C(=C\c3cn(CCOc4ccccc4)c4ccccc34)C(=N)N21. The van der Waals surface area contributed by atoms with Gasteiger partial charge in [-0.25, -0.2) is 13.3 Å². The summed E-state index contributed by atoms with van der Waals surface area (Å²) >= 11 is 0.784. The van der Waals surface area contributed by atoms with Crippen molar-refractivity contribution in [1.82, 2.24) is 9.47 Å². The molecule has 0 fully saturated rings. The van der Waals surface area contributed by atoms with E-state index in [2.05, 4.69) is 9.39 Å². The largest absolute Gasteiger partial charge is 0.492 e. The summed E-state index contributed by atoms with van der Waals surface area (Å²) < 4.78 is 36.8. The Morgan fingerprint density at radius 1 is 1.11 bits per heavy atom. The van der Waals surface area contributed by atoms with E-state index in [4.69, 9.17) is 10.1 Å². The van der Waals surface area contributed by atoms with Crippen LogP contribution in [0.5, 0.6) is 5.75 Å². The highest BCUT2D eigenvalue weighted by Crippen LogP contribution is 2.31. The number of aromatic nitrogens is 1. The van der Waals surface area contributed by atoms with Gasteiger partial charge in [0.05, 0.1) is 29.8 Å². The van der Waals surface area contributed by atoms with Gasteiger partial charge in [0.15, 0.2) is 0 Å². The van der Waals surface area contributed by atoms with E-state index in [0.29, 0.717) is 13.2 Å². The van der Waals surface area contributed by atoms with E-state index in [0.717, 1.165) is 39.1 Å². The van der Waals surface area contributed by atoms with Crippen LogP contribution in [0.25, 0.3) is 17.0 Å². The van der Waals surface area contributed by atoms with Crippen LogP contribution in [-0.4, -0.2) is 52.3 Å². The van der Waals surface area contributed by atoms with Crippen molar-refractivity contribution in [3.63, 3.8) is 0 Å². The van der Waals surface area contributed by atoms with Crippen molar-refractivity contribution >= 4 is 60.8 Å². The number of amidine groups is 3. The molecule has 178 valence electrons. The molecule has 9 nitrogen and oxygen atoms in total. The fraction of sp³-hybridized carbons (Fsp3) is 0.167. The molecule has 0 unspecified atom stereocenters. The molecule has 0 aliphatic carbocycles. The third-order valence-electron chi connectivity index (χ3n) is 5.62. The van der Waals surface area contributed by atoms with Gasteiger partial charge in [-0.3, -0.25) is 10.2 Å². The molecule has 2 aromatic carbocycles. The minimum atomic E-state index is -3.70. The summed E-state index contributed by atoms with van der Waals surface area (Å²) in [5, 5.41) is 9.32. The number of benzene rings is 2. The smallest absolute Gasteiger partial charge is 0.283 e. The summed E-state index contributed by atoms with van der Waals surface area (Å²) in [6.45, 7) is 2.52. The van der Waals surface area contributed by atoms with E-state index < -0.39 is 15.7 Å². The number of rotatable bonds is 6. The van der Waals surface area contributed by atoms with E-state index in [1.807, 2.05) is 65.4 Å². The Kier molecular flexibility index (Phi) is 6.03. The molecule has 0 atom stereocenters. The van der Waals surface area contributed by atoms with Crippen LogP contribution in [0.15, 0.2) is 75.8 Å². The number of nitrogens with zero attached hydrogens (tertiary/aromatic N) is 4. The zero-order chi connectivity index (χ0) is 24.6. The zero-order valence-corrected chi connectivity index (χ0v) is 20.3. The highest BCUT2D eigenvalue weighted by Gasteiger charge is 2.42. The molecule has 2 aliphatic heterocycles. The number of aliphatic imine (C=N–C) groups is 1. The average Bonchev–Trinajstić information content (AvgIpc) is 3.45. The van der Waals surface area contributed by atoms with E-state index in [1.165, 1.54) is 6.92 Å². The van der Waals surface area contributed by atoms with Crippen molar-refractivity contribution in [2.24, 2.45) is 9.39 Å². The van der Waals surface area contributed by atoms with Crippen molar-refractivity contribution in [2.45, 2.75) is 13.5 Å². The van der Waals surface area contributed by atoms with Gasteiger partial charge in [-0.2, -0.15) is 9.39 Å². The molecule has 1 aromatic heterocycles. The number of hydrogen-bond acceptors (Lipinski definition) is 7. The number of nitrogens with one attached hydrogen (secondary N) is 1. The summed E-state index contributed by atoms with van der Waals surface area (Å²) in [5.41, 5.74) is 1.66. The first kappa shape index (κ1) is 23.1. The molecule has 0 saturated carbocycles. The summed E-state index contributed by atoms with van der Waals surface area (Å²) in [7, 11) is -3.70. The van der Waals surface area contributed by atoms with Gasteiger partial charge in [0.25, 0.3) is 5.91 Å². The van der Waals surface area contributed by atoms with E-state index in [-0.39, 0.29) is 27.5 Å². The molecular weight excluding hydrogens is 486 g/mol. The van der Waals surface area contributed by atoms with Crippen LogP contribution in [0, 0.1) is 5.41 Å². The normalized spacial score (nSPS) is 17.1. The number of amides is 1. The lowest BCUT2D eigenvalue weighted by atomic mass is 10.1. The van der Waals surface area contributed by atoms with Gasteiger partial charge in [0, 0.05) is 22.7 Å². The van der Waals surface area contributed by atoms with Crippen LogP contribution < -0.4 is 4.74 Å². The van der Waals surface area contributed by atoms with Gasteiger partial charge in [-0.05, 0) is 24.3 Å². The second-order valence-corrected chi connectivity index (χ2v) is 10.7. The Labute approximate surface area is 206 Å². The Hall–Kier alpha value is -3.70. The maximum atomic E-state index is 12.8. The minimum Gasteiger partial charge on any atom is -0.492 e. The molecule has 1 N–H and O–H groups in total. The van der Waals surface area contributed by atoms with Gasteiger partial charge in [0.1, 0.15) is 18.2 Å². The van der Waals surface area contributed by atoms with Crippen molar-refractivity contribution in [2.75, 3.05) is 12.4 Å². The molecule has 3 aromatic rings. The Morgan fingerprint density at radius 3 is 2.63 bits per heavy atom. The molecular formula is C24H21N5O4S2. The Morgan fingerprint density at radius 2 is 1.86 bits per heavy atom. The second-order valence-electron chi connectivity index (χ2n) is 7.77. The number of carbonyl (C=O) groups excluding carboxylic acids is 1. The number of para-hydroxylation sites is 2. The fourth-order valence-corrected chi connectivity index (χ4v) is 5.80. The molecule has 5 rings (SSSR count). The van der Waals surface area contributed by atoms with Gasteiger partial charge in [0.2, 0.25) is 20.2 Å². The number of fused-ring (bicyclic) bond motifs is 2. The molecule has 0 bridgehead atoms. The van der Waals surface area contributed by atoms with E-state index in [9.17, 15) is 13.2 Å². The third-order valence-corrected chi connectivity index (χ3v) is 8.02. The number of carbonyl (C=O) groups is 1. The minimum absolute atomic E-state index is 0.00121. The van der Waals surface area contributed by atoms with Gasteiger partial charge < -0.3 is 9.30 Å². The topological polar surface area (TPSA) is 117 Å². The number of ether oxygens (including phenoxy) is 1. The quantitative estimate of drug-likeness (QED) is 0.401. The van der Waals surface area contributed by atoms with Crippen LogP contribution in [0.2, 0.25) is 0 Å². The molecule has 1 amide bonds. The predicted molar refractivity (Wildman–Crippen MR) is 138 cm³/mol. The van der Waals surface area contributed by atoms with Gasteiger partial charge >= 0.3 is 0 Å². The van der Waals surface area contributed by atoms with Crippen LogP contribution in [-0.2, 0) is 21.2 Å². The average molecular weight is 508 g/mol. The second kappa shape index (κ2) is 9.16. The standard InChI is InChI=1S/C24H21N5O4S2/c1-2-35(31,32)24-27-34-23-26-22(30)19(21(25)29(23)24)14-16-15-28(20-11-7-6-10-18(16)20)12-13-33-17-8-4-3-5-9-17/h3-11,14-15,25H,2,12-13H2,1H3/b19-14-,25-21?. The van der Waals surface area contributed by atoms with Gasteiger partial charge in [-0.15, -0.1) is 0 Å². The summed E-state index contributed by atoms with van der Waals surface area (Å²) in [4.78, 5) is 17.9. The van der Waals surface area contributed by atoms with Crippen LogP contribution in [0.4, 0.5) is 0 Å². The first-order valence-corrected chi connectivity index (χ1v) is 13.3. The Bertz CT molecular complexity index is 1540. The van der Waals surface area contributed by atoms with Gasteiger partial charge in [-0.1, -0.05) is 43.3 Å². The first-order valence-electron chi connectivity index (χ1n) is 10.9. The lowest BCUT2D eigenvalue weighted by Gasteiger charge is -2.24. The maximum absolute atomic E-state index is 12.8. The molecule has 11 heteroatoms. The number of sulfone groups is 1. The van der Waals surface area contributed by atoms with Crippen LogP contribution in [0.3, 0.4) is 0 Å². The molecule has 3 heterocycles. The van der Waals surface area contributed by atoms with Crippen molar-refractivity contribution in [3.05, 3.63) is 71.9 Å². The highest BCUT2D eigenvalue weighted by atomic mass is 32.2. The van der Waals surface area contributed by atoms with Crippen LogP contribution >= 0.6 is 11.9 Å². The van der Waals surface area contributed by atoms with Crippen molar-refractivity contribution < 1.29 is 17.9 Å². The van der Waals surface area contributed by atoms with Crippen molar-refractivity contribution in [1.29, 1.82) is 5.41 Å².